The zero-order valence-electron chi connectivity index (χ0n) is 9.95. The van der Waals surface area contributed by atoms with Gasteiger partial charge in [0.05, 0.1) is 6.04 Å². The molecular weight excluding hydrogens is 334 g/mol. The molecule has 0 saturated carbocycles. The lowest BCUT2D eigenvalue weighted by molar-refractivity contribution is 0.536. The standard InChI is InChI=1S/C12H18BrNS3/c1-2-4-14-11(10-8-15-6-7-16-10)12-9(13)3-5-17-12/h3,5,10-11,14H,2,4,6-8H2,1H3. The van der Waals surface area contributed by atoms with Crippen molar-refractivity contribution in [2.75, 3.05) is 23.8 Å². The molecule has 1 N–H and O–H groups in total. The average Bonchev–Trinajstić information content (AvgIpc) is 2.78. The van der Waals surface area contributed by atoms with E-state index in [-0.39, 0.29) is 0 Å². The molecule has 1 fully saturated rings. The van der Waals surface area contributed by atoms with E-state index in [1.165, 1.54) is 33.0 Å². The Kier molecular flexibility index (Phi) is 6.23. The number of thioether (sulfide) groups is 2. The summed E-state index contributed by atoms with van der Waals surface area (Å²) in [7, 11) is 0. The van der Waals surface area contributed by atoms with Crippen LogP contribution >= 0.6 is 50.8 Å². The molecule has 1 aromatic heterocycles. The first-order valence-electron chi connectivity index (χ1n) is 5.98. The summed E-state index contributed by atoms with van der Waals surface area (Å²) in [6, 6.07) is 2.68. The summed E-state index contributed by atoms with van der Waals surface area (Å²) in [4.78, 5) is 1.47. The molecular formula is C12H18BrNS3. The zero-order valence-corrected chi connectivity index (χ0v) is 14.0. The van der Waals surface area contributed by atoms with Gasteiger partial charge in [0.25, 0.3) is 0 Å². The molecule has 5 heteroatoms. The van der Waals surface area contributed by atoms with E-state index in [0.29, 0.717) is 6.04 Å². The molecule has 0 amide bonds. The van der Waals surface area contributed by atoms with Crippen molar-refractivity contribution in [2.24, 2.45) is 0 Å². The molecule has 1 aliphatic heterocycles. The summed E-state index contributed by atoms with van der Waals surface area (Å²) in [5, 5.41) is 6.63. The molecule has 2 heterocycles. The highest BCUT2D eigenvalue weighted by molar-refractivity contribution is 9.10. The van der Waals surface area contributed by atoms with Crippen molar-refractivity contribution in [3.8, 4) is 0 Å². The molecule has 0 radical (unpaired) electrons. The first kappa shape index (κ1) is 14.3. The second kappa shape index (κ2) is 7.43. The molecule has 2 unspecified atom stereocenters. The van der Waals surface area contributed by atoms with Gasteiger partial charge in [-0.3, -0.25) is 0 Å². The van der Waals surface area contributed by atoms with Crippen molar-refractivity contribution >= 4 is 50.8 Å². The monoisotopic (exact) mass is 351 g/mol. The Hall–Kier alpha value is 0.840. The Morgan fingerprint density at radius 2 is 2.41 bits per heavy atom. The van der Waals surface area contributed by atoms with Gasteiger partial charge in [-0.1, -0.05) is 6.92 Å². The smallest absolute Gasteiger partial charge is 0.0554 e. The summed E-state index contributed by atoms with van der Waals surface area (Å²) < 4.78 is 1.27. The van der Waals surface area contributed by atoms with E-state index < -0.39 is 0 Å². The van der Waals surface area contributed by atoms with Crippen LogP contribution in [0.1, 0.15) is 24.3 Å². The predicted molar refractivity (Wildman–Crippen MR) is 86.6 cm³/mol. The minimum absolute atomic E-state index is 0.516. The van der Waals surface area contributed by atoms with Gasteiger partial charge in [-0.15, -0.1) is 11.3 Å². The number of thiophene rings is 1. The number of nitrogens with one attached hydrogen (secondary N) is 1. The number of halogens is 1. The van der Waals surface area contributed by atoms with E-state index in [1.54, 1.807) is 0 Å². The normalized spacial score (nSPS) is 22.6. The van der Waals surface area contributed by atoms with Crippen LogP contribution in [0.5, 0.6) is 0 Å². The maximum Gasteiger partial charge on any atom is 0.0554 e. The molecule has 0 spiro atoms. The van der Waals surface area contributed by atoms with Crippen LogP contribution in [0, 0.1) is 0 Å². The zero-order chi connectivity index (χ0) is 12.1. The average molecular weight is 352 g/mol. The van der Waals surface area contributed by atoms with Gasteiger partial charge in [0, 0.05) is 31.9 Å². The Balaban J connectivity index is 2.09. The van der Waals surface area contributed by atoms with Crippen LogP contribution in [0.3, 0.4) is 0 Å². The van der Waals surface area contributed by atoms with E-state index in [9.17, 15) is 0 Å². The van der Waals surface area contributed by atoms with Gasteiger partial charge in [-0.2, -0.15) is 23.5 Å². The molecule has 2 atom stereocenters. The van der Waals surface area contributed by atoms with Crippen molar-refractivity contribution in [3.05, 3.63) is 20.8 Å². The van der Waals surface area contributed by atoms with Crippen LogP contribution in [-0.4, -0.2) is 29.1 Å². The van der Waals surface area contributed by atoms with Crippen molar-refractivity contribution in [1.29, 1.82) is 0 Å². The van der Waals surface area contributed by atoms with Crippen LogP contribution in [0.4, 0.5) is 0 Å². The SMILES string of the molecule is CCCNC(c1sccc1Br)C1CSCCS1. The van der Waals surface area contributed by atoms with Crippen molar-refractivity contribution in [1.82, 2.24) is 5.32 Å². The lowest BCUT2D eigenvalue weighted by Crippen LogP contribution is -2.33. The summed E-state index contributed by atoms with van der Waals surface area (Å²) in [6.07, 6.45) is 1.20. The maximum atomic E-state index is 3.73. The fourth-order valence-electron chi connectivity index (χ4n) is 1.92. The third-order valence-corrected chi connectivity index (χ3v) is 7.57. The Morgan fingerprint density at radius 3 is 3.00 bits per heavy atom. The van der Waals surface area contributed by atoms with E-state index >= 15 is 0 Å². The van der Waals surface area contributed by atoms with E-state index in [1.807, 2.05) is 11.3 Å². The van der Waals surface area contributed by atoms with Crippen LogP contribution in [0.25, 0.3) is 0 Å². The summed E-state index contributed by atoms with van der Waals surface area (Å²) in [5.74, 6) is 3.88. The summed E-state index contributed by atoms with van der Waals surface area (Å²) in [5.41, 5.74) is 0. The van der Waals surface area contributed by atoms with Crippen molar-refractivity contribution in [3.63, 3.8) is 0 Å². The first-order valence-corrected chi connectivity index (χ1v) is 9.86. The summed E-state index contributed by atoms with van der Waals surface area (Å²) in [6.45, 7) is 3.34. The van der Waals surface area contributed by atoms with Gasteiger partial charge in [-0.05, 0) is 40.3 Å². The maximum absolute atomic E-state index is 3.73. The number of hydrogen-bond acceptors (Lipinski definition) is 4. The third kappa shape index (κ3) is 3.90. The lowest BCUT2D eigenvalue weighted by atomic mass is 10.1. The highest BCUT2D eigenvalue weighted by Gasteiger charge is 2.27. The molecule has 0 aliphatic carbocycles. The quantitative estimate of drug-likeness (QED) is 0.844. The second-order valence-electron chi connectivity index (χ2n) is 4.05. The van der Waals surface area contributed by atoms with E-state index in [2.05, 4.69) is 63.1 Å². The molecule has 2 rings (SSSR count). The third-order valence-electron chi connectivity index (χ3n) is 2.75. The van der Waals surface area contributed by atoms with Gasteiger partial charge < -0.3 is 5.32 Å². The highest BCUT2D eigenvalue weighted by atomic mass is 79.9. The fraction of sp³-hybridized carbons (Fsp3) is 0.667. The van der Waals surface area contributed by atoms with Crippen molar-refractivity contribution < 1.29 is 0 Å². The first-order chi connectivity index (χ1) is 8.33. The van der Waals surface area contributed by atoms with Crippen molar-refractivity contribution in [2.45, 2.75) is 24.6 Å². The van der Waals surface area contributed by atoms with Crippen LogP contribution < -0.4 is 5.32 Å². The van der Waals surface area contributed by atoms with Crippen LogP contribution in [0.15, 0.2) is 15.9 Å². The van der Waals surface area contributed by atoms with Gasteiger partial charge in [-0.25, -0.2) is 0 Å². The number of hydrogen-bond donors (Lipinski definition) is 1. The lowest BCUT2D eigenvalue weighted by Gasteiger charge is -2.30. The van der Waals surface area contributed by atoms with Gasteiger partial charge in [0.2, 0.25) is 0 Å². The molecule has 96 valence electrons. The van der Waals surface area contributed by atoms with Crippen LogP contribution in [0.2, 0.25) is 0 Å². The minimum atomic E-state index is 0.516. The summed E-state index contributed by atoms with van der Waals surface area (Å²) >= 11 is 9.78. The number of rotatable bonds is 5. The molecule has 1 aromatic rings. The molecule has 0 bridgehead atoms. The molecule has 1 aliphatic rings. The van der Waals surface area contributed by atoms with E-state index in [0.717, 1.165) is 11.8 Å². The fourth-order valence-corrected chi connectivity index (χ4v) is 6.61. The Labute approximate surface area is 125 Å². The molecule has 17 heavy (non-hydrogen) atoms. The molecule has 1 saturated heterocycles. The highest BCUT2D eigenvalue weighted by Crippen LogP contribution is 2.38. The molecule has 0 aromatic carbocycles. The van der Waals surface area contributed by atoms with Gasteiger partial charge in [0.15, 0.2) is 0 Å². The topological polar surface area (TPSA) is 12.0 Å². The van der Waals surface area contributed by atoms with Gasteiger partial charge >= 0.3 is 0 Å². The predicted octanol–water partition coefficient (Wildman–Crippen LogP) is 4.40. The minimum Gasteiger partial charge on any atom is -0.308 e. The molecule has 1 nitrogen and oxygen atoms in total. The van der Waals surface area contributed by atoms with Crippen LogP contribution in [-0.2, 0) is 0 Å². The Bertz CT molecular complexity index is 336. The second-order valence-corrected chi connectivity index (χ2v) is 8.35. The van der Waals surface area contributed by atoms with E-state index in [4.69, 9.17) is 0 Å². The van der Waals surface area contributed by atoms with Gasteiger partial charge in [0.1, 0.15) is 0 Å². The largest absolute Gasteiger partial charge is 0.308 e. The Morgan fingerprint density at radius 1 is 1.53 bits per heavy atom.